The van der Waals surface area contributed by atoms with Crippen LogP contribution in [0, 0.1) is 10.1 Å². The predicted molar refractivity (Wildman–Crippen MR) is 81.0 cm³/mol. The van der Waals surface area contributed by atoms with Crippen LogP contribution in [0.1, 0.15) is 12.8 Å². The number of nitro groups is 1. The first-order chi connectivity index (χ1) is 11.0. The van der Waals surface area contributed by atoms with Crippen molar-refractivity contribution >= 4 is 28.5 Å². The van der Waals surface area contributed by atoms with Crippen LogP contribution in [0.15, 0.2) is 30.5 Å². The molecule has 1 heterocycles. The SMILES string of the molecule is O=C(O)CN(C(=O)Cn1ccc2cc([N+](=O)[O-])ccc21)C1CC1. The smallest absolute Gasteiger partial charge is 0.323 e. The summed E-state index contributed by atoms with van der Waals surface area (Å²) in [5.41, 5.74) is 0.696. The van der Waals surface area contributed by atoms with Gasteiger partial charge in [-0.1, -0.05) is 0 Å². The fourth-order valence-corrected chi connectivity index (χ4v) is 2.63. The van der Waals surface area contributed by atoms with Crippen LogP contribution in [0.4, 0.5) is 5.69 Å². The quantitative estimate of drug-likeness (QED) is 0.644. The summed E-state index contributed by atoms with van der Waals surface area (Å²) in [6.07, 6.45) is 3.34. The summed E-state index contributed by atoms with van der Waals surface area (Å²) >= 11 is 0. The number of fused-ring (bicyclic) bond motifs is 1. The zero-order valence-corrected chi connectivity index (χ0v) is 12.2. The lowest BCUT2D eigenvalue weighted by Crippen LogP contribution is -2.39. The molecule has 0 saturated heterocycles. The van der Waals surface area contributed by atoms with Gasteiger partial charge in [-0.15, -0.1) is 0 Å². The maximum absolute atomic E-state index is 12.4. The lowest BCUT2D eigenvalue weighted by molar-refractivity contribution is -0.384. The van der Waals surface area contributed by atoms with E-state index in [2.05, 4.69) is 0 Å². The molecule has 1 N–H and O–H groups in total. The van der Waals surface area contributed by atoms with Crippen molar-refractivity contribution in [3.8, 4) is 0 Å². The molecule has 23 heavy (non-hydrogen) atoms. The number of aromatic nitrogens is 1. The van der Waals surface area contributed by atoms with Crippen molar-refractivity contribution < 1.29 is 19.6 Å². The Hall–Kier alpha value is -2.90. The van der Waals surface area contributed by atoms with Crippen molar-refractivity contribution in [2.24, 2.45) is 0 Å². The molecule has 2 aromatic rings. The fourth-order valence-electron chi connectivity index (χ4n) is 2.63. The van der Waals surface area contributed by atoms with Crippen LogP contribution in [0.25, 0.3) is 10.9 Å². The van der Waals surface area contributed by atoms with Gasteiger partial charge in [-0.2, -0.15) is 0 Å². The van der Waals surface area contributed by atoms with Gasteiger partial charge in [-0.3, -0.25) is 19.7 Å². The van der Waals surface area contributed by atoms with Crippen LogP contribution in [0.2, 0.25) is 0 Å². The van der Waals surface area contributed by atoms with Crippen molar-refractivity contribution in [1.82, 2.24) is 9.47 Å². The minimum absolute atomic E-state index is 0.00735. The van der Waals surface area contributed by atoms with Crippen LogP contribution in [-0.2, 0) is 16.1 Å². The topological polar surface area (TPSA) is 106 Å². The average Bonchev–Trinajstić information content (AvgIpc) is 3.26. The highest BCUT2D eigenvalue weighted by molar-refractivity contribution is 5.86. The summed E-state index contributed by atoms with van der Waals surface area (Å²) < 4.78 is 1.68. The predicted octanol–water partition coefficient (Wildman–Crippen LogP) is 1.63. The van der Waals surface area contributed by atoms with Gasteiger partial charge < -0.3 is 14.6 Å². The molecule has 1 fully saturated rings. The Morgan fingerprint density at radius 2 is 2.09 bits per heavy atom. The Kier molecular flexibility index (Phi) is 3.73. The Morgan fingerprint density at radius 1 is 1.35 bits per heavy atom. The minimum atomic E-state index is -1.03. The van der Waals surface area contributed by atoms with E-state index in [9.17, 15) is 19.7 Å². The minimum Gasteiger partial charge on any atom is -0.480 e. The lowest BCUT2D eigenvalue weighted by atomic mass is 10.2. The molecule has 0 spiro atoms. The maximum atomic E-state index is 12.4. The maximum Gasteiger partial charge on any atom is 0.323 e. The van der Waals surface area contributed by atoms with Gasteiger partial charge in [0, 0.05) is 35.3 Å². The molecule has 8 nitrogen and oxygen atoms in total. The number of nitrogens with zero attached hydrogens (tertiary/aromatic N) is 3. The zero-order valence-electron chi connectivity index (χ0n) is 12.2. The number of carboxylic acids is 1. The van der Waals surface area contributed by atoms with Gasteiger partial charge in [0.15, 0.2) is 0 Å². The highest BCUT2D eigenvalue weighted by atomic mass is 16.6. The monoisotopic (exact) mass is 317 g/mol. The molecule has 0 aliphatic heterocycles. The molecule has 1 aromatic carbocycles. The van der Waals surface area contributed by atoms with E-state index in [0.29, 0.717) is 10.9 Å². The van der Waals surface area contributed by atoms with Crippen LogP contribution in [0.5, 0.6) is 0 Å². The van der Waals surface area contributed by atoms with E-state index < -0.39 is 10.9 Å². The van der Waals surface area contributed by atoms with Crippen molar-refractivity contribution in [3.63, 3.8) is 0 Å². The number of benzene rings is 1. The van der Waals surface area contributed by atoms with Gasteiger partial charge in [0.05, 0.1) is 4.92 Å². The summed E-state index contributed by atoms with van der Waals surface area (Å²) in [6, 6.07) is 6.15. The number of aliphatic carboxylic acids is 1. The van der Waals surface area contributed by atoms with Crippen LogP contribution < -0.4 is 0 Å². The molecular formula is C15H15N3O5. The Morgan fingerprint density at radius 3 is 2.70 bits per heavy atom. The first kappa shape index (κ1) is 15.0. The largest absolute Gasteiger partial charge is 0.480 e. The third-order valence-electron chi connectivity index (χ3n) is 3.88. The molecule has 1 aromatic heterocycles. The number of amides is 1. The van der Waals surface area contributed by atoms with Gasteiger partial charge in [0.1, 0.15) is 13.1 Å². The standard InChI is InChI=1S/C15H15N3O5/c19-14(17(9-15(20)21)11-1-2-11)8-16-6-5-10-7-12(18(22)23)3-4-13(10)16/h3-7,11H,1-2,8-9H2,(H,20,21). The van der Waals surface area contributed by atoms with E-state index in [1.165, 1.54) is 17.0 Å². The van der Waals surface area contributed by atoms with Crippen molar-refractivity contribution in [3.05, 3.63) is 40.6 Å². The second-order valence-electron chi connectivity index (χ2n) is 5.59. The van der Waals surface area contributed by atoms with Gasteiger partial charge in [-0.05, 0) is 25.0 Å². The van der Waals surface area contributed by atoms with E-state index in [1.807, 2.05) is 0 Å². The molecule has 120 valence electrons. The van der Waals surface area contributed by atoms with Crippen LogP contribution in [-0.4, -0.2) is 44.0 Å². The van der Waals surface area contributed by atoms with E-state index in [4.69, 9.17) is 5.11 Å². The molecule has 1 aliphatic rings. The molecule has 0 unspecified atom stereocenters. The second kappa shape index (κ2) is 5.71. The number of nitro benzene ring substituents is 1. The lowest BCUT2D eigenvalue weighted by Gasteiger charge is -2.20. The molecule has 1 amide bonds. The number of non-ortho nitro benzene ring substituents is 1. The van der Waals surface area contributed by atoms with Crippen LogP contribution >= 0.6 is 0 Å². The van der Waals surface area contributed by atoms with Gasteiger partial charge >= 0.3 is 5.97 Å². The number of hydrogen-bond donors (Lipinski definition) is 1. The Balaban J connectivity index is 1.81. The van der Waals surface area contributed by atoms with Gasteiger partial charge in [0.25, 0.3) is 5.69 Å². The third kappa shape index (κ3) is 3.15. The summed E-state index contributed by atoms with van der Waals surface area (Å²) in [7, 11) is 0. The molecule has 8 heteroatoms. The number of carboxylic acid groups (broad SMARTS) is 1. The number of hydrogen-bond acceptors (Lipinski definition) is 4. The molecule has 0 atom stereocenters. The number of rotatable bonds is 6. The molecule has 0 bridgehead atoms. The summed E-state index contributed by atoms with van der Waals surface area (Å²) in [5.74, 6) is -1.29. The number of carbonyl (C=O) groups excluding carboxylic acids is 1. The fraction of sp³-hybridized carbons (Fsp3) is 0.333. The number of carbonyl (C=O) groups is 2. The van der Waals surface area contributed by atoms with Crippen molar-refractivity contribution in [2.45, 2.75) is 25.4 Å². The first-order valence-corrected chi connectivity index (χ1v) is 7.20. The van der Waals surface area contributed by atoms with Crippen molar-refractivity contribution in [2.75, 3.05) is 6.54 Å². The molecule has 0 radical (unpaired) electrons. The molecule has 1 saturated carbocycles. The summed E-state index contributed by atoms with van der Waals surface area (Å²) in [6.45, 7) is -0.279. The Labute approximate surface area is 131 Å². The van der Waals surface area contributed by atoms with Crippen molar-refractivity contribution in [1.29, 1.82) is 0 Å². The van der Waals surface area contributed by atoms with E-state index >= 15 is 0 Å². The van der Waals surface area contributed by atoms with Crippen LogP contribution in [0.3, 0.4) is 0 Å². The average molecular weight is 317 g/mol. The second-order valence-corrected chi connectivity index (χ2v) is 5.59. The van der Waals surface area contributed by atoms with E-state index in [0.717, 1.165) is 12.8 Å². The molecular weight excluding hydrogens is 302 g/mol. The van der Waals surface area contributed by atoms with E-state index in [1.54, 1.807) is 22.9 Å². The summed E-state index contributed by atoms with van der Waals surface area (Å²) in [5, 5.41) is 20.4. The Bertz CT molecular complexity index is 794. The van der Waals surface area contributed by atoms with E-state index in [-0.39, 0.29) is 30.7 Å². The normalized spacial score (nSPS) is 13.9. The first-order valence-electron chi connectivity index (χ1n) is 7.20. The molecule has 1 aliphatic carbocycles. The zero-order chi connectivity index (χ0) is 16.6. The highest BCUT2D eigenvalue weighted by Crippen LogP contribution is 2.27. The molecule has 3 rings (SSSR count). The highest BCUT2D eigenvalue weighted by Gasteiger charge is 2.33. The summed E-state index contributed by atoms with van der Waals surface area (Å²) in [4.78, 5) is 35.0. The third-order valence-corrected chi connectivity index (χ3v) is 3.88. The van der Waals surface area contributed by atoms with Gasteiger partial charge in [-0.25, -0.2) is 0 Å². The van der Waals surface area contributed by atoms with Gasteiger partial charge in [0.2, 0.25) is 5.91 Å².